The lowest BCUT2D eigenvalue weighted by molar-refractivity contribution is 0.152. The topological polar surface area (TPSA) is 28.2 Å². The Bertz CT molecular complexity index is 364. The number of likely N-dealkylation sites (tertiary alicyclic amines) is 1. The number of hydrogen-bond donors (Lipinski definition) is 1. The van der Waals surface area contributed by atoms with Crippen LogP contribution in [0.5, 0.6) is 0 Å². The third kappa shape index (κ3) is 4.20. The van der Waals surface area contributed by atoms with Crippen LogP contribution in [-0.2, 0) is 6.54 Å². The van der Waals surface area contributed by atoms with Crippen molar-refractivity contribution in [1.82, 2.24) is 9.88 Å². The van der Waals surface area contributed by atoms with Gasteiger partial charge in [-0.15, -0.1) is 0 Å². The van der Waals surface area contributed by atoms with Crippen molar-refractivity contribution in [2.75, 3.05) is 25.0 Å². The van der Waals surface area contributed by atoms with E-state index >= 15 is 0 Å². The molecule has 0 amide bonds. The lowest BCUT2D eigenvalue weighted by atomic mass is 9.86. The van der Waals surface area contributed by atoms with Crippen molar-refractivity contribution in [3.8, 4) is 0 Å². The smallest absolute Gasteiger partial charge is 0.125 e. The fourth-order valence-corrected chi connectivity index (χ4v) is 2.84. The van der Waals surface area contributed by atoms with Crippen molar-refractivity contribution in [2.45, 2.75) is 40.2 Å². The van der Waals surface area contributed by atoms with E-state index in [4.69, 9.17) is 0 Å². The van der Waals surface area contributed by atoms with Gasteiger partial charge in [-0.3, -0.25) is 4.90 Å². The average molecular weight is 261 g/mol. The van der Waals surface area contributed by atoms with Crippen LogP contribution in [0.2, 0.25) is 0 Å². The fraction of sp³-hybridized carbons (Fsp3) is 0.688. The van der Waals surface area contributed by atoms with Crippen LogP contribution in [0, 0.1) is 11.8 Å². The van der Waals surface area contributed by atoms with Crippen LogP contribution in [0.4, 0.5) is 5.82 Å². The first kappa shape index (κ1) is 14.3. The van der Waals surface area contributed by atoms with E-state index in [1.165, 1.54) is 31.5 Å². The van der Waals surface area contributed by atoms with Crippen LogP contribution in [0.3, 0.4) is 0 Å². The SMILES string of the molecule is CCNc1ccc(CN2CCC(C(C)C)CC2)cn1. The Morgan fingerprint density at radius 2 is 2.05 bits per heavy atom. The van der Waals surface area contributed by atoms with Crippen molar-refractivity contribution in [3.05, 3.63) is 23.9 Å². The summed E-state index contributed by atoms with van der Waals surface area (Å²) in [5.74, 6) is 2.73. The molecule has 0 unspecified atom stereocenters. The minimum absolute atomic E-state index is 0.836. The molecule has 1 aromatic heterocycles. The molecule has 0 atom stereocenters. The molecule has 0 spiro atoms. The van der Waals surface area contributed by atoms with Gasteiger partial charge in [0.1, 0.15) is 5.82 Å². The predicted molar refractivity (Wildman–Crippen MR) is 81.2 cm³/mol. The zero-order valence-corrected chi connectivity index (χ0v) is 12.5. The first-order chi connectivity index (χ1) is 9.19. The first-order valence-electron chi connectivity index (χ1n) is 7.60. The second-order valence-corrected chi connectivity index (χ2v) is 5.94. The Morgan fingerprint density at radius 3 is 2.58 bits per heavy atom. The zero-order chi connectivity index (χ0) is 13.7. The number of hydrogen-bond acceptors (Lipinski definition) is 3. The molecule has 3 nitrogen and oxygen atoms in total. The van der Waals surface area contributed by atoms with Gasteiger partial charge in [-0.05, 0) is 56.3 Å². The predicted octanol–water partition coefficient (Wildman–Crippen LogP) is 3.38. The maximum Gasteiger partial charge on any atom is 0.125 e. The zero-order valence-electron chi connectivity index (χ0n) is 12.5. The molecular weight excluding hydrogens is 234 g/mol. The highest BCUT2D eigenvalue weighted by Gasteiger charge is 2.21. The summed E-state index contributed by atoms with van der Waals surface area (Å²) in [7, 11) is 0. The van der Waals surface area contributed by atoms with Crippen molar-refractivity contribution < 1.29 is 0 Å². The van der Waals surface area contributed by atoms with Gasteiger partial charge in [0.2, 0.25) is 0 Å². The van der Waals surface area contributed by atoms with Crippen LogP contribution < -0.4 is 5.32 Å². The number of anilines is 1. The summed E-state index contributed by atoms with van der Waals surface area (Å²) >= 11 is 0. The Hall–Kier alpha value is -1.09. The molecule has 0 radical (unpaired) electrons. The van der Waals surface area contributed by atoms with E-state index in [1.807, 2.05) is 6.20 Å². The molecule has 0 saturated carbocycles. The molecule has 1 N–H and O–H groups in total. The van der Waals surface area contributed by atoms with Gasteiger partial charge in [-0.25, -0.2) is 4.98 Å². The molecular formula is C16H27N3. The van der Waals surface area contributed by atoms with Crippen LogP contribution >= 0.6 is 0 Å². The number of nitrogens with one attached hydrogen (secondary N) is 1. The van der Waals surface area contributed by atoms with Crippen LogP contribution in [0.25, 0.3) is 0 Å². The summed E-state index contributed by atoms with van der Waals surface area (Å²) in [6.07, 6.45) is 4.70. The van der Waals surface area contributed by atoms with Crippen molar-refractivity contribution in [3.63, 3.8) is 0 Å². The molecule has 1 aliphatic heterocycles. The van der Waals surface area contributed by atoms with E-state index in [0.29, 0.717) is 0 Å². The summed E-state index contributed by atoms with van der Waals surface area (Å²) in [5, 5.41) is 3.23. The highest BCUT2D eigenvalue weighted by atomic mass is 15.1. The molecule has 1 aromatic rings. The molecule has 0 bridgehead atoms. The van der Waals surface area contributed by atoms with E-state index in [-0.39, 0.29) is 0 Å². The molecule has 0 aromatic carbocycles. The molecule has 0 aliphatic carbocycles. The van der Waals surface area contributed by atoms with E-state index in [2.05, 4.69) is 48.1 Å². The number of rotatable bonds is 5. The summed E-state index contributed by atoms with van der Waals surface area (Å²) in [6, 6.07) is 4.28. The number of aromatic nitrogens is 1. The second-order valence-electron chi connectivity index (χ2n) is 5.94. The van der Waals surface area contributed by atoms with Crippen molar-refractivity contribution in [2.24, 2.45) is 11.8 Å². The van der Waals surface area contributed by atoms with E-state index in [9.17, 15) is 0 Å². The van der Waals surface area contributed by atoms with Crippen LogP contribution in [-0.4, -0.2) is 29.5 Å². The normalized spacial score (nSPS) is 17.9. The monoisotopic (exact) mass is 261 g/mol. The third-order valence-electron chi connectivity index (χ3n) is 4.16. The Kier molecular flexibility index (Phi) is 5.20. The quantitative estimate of drug-likeness (QED) is 0.880. The Balaban J connectivity index is 1.82. The van der Waals surface area contributed by atoms with Crippen LogP contribution in [0.15, 0.2) is 18.3 Å². The molecule has 1 aliphatic rings. The summed E-state index contributed by atoms with van der Waals surface area (Å²) in [5.41, 5.74) is 1.32. The highest BCUT2D eigenvalue weighted by molar-refractivity contribution is 5.35. The van der Waals surface area contributed by atoms with Crippen LogP contribution in [0.1, 0.15) is 39.2 Å². The van der Waals surface area contributed by atoms with Gasteiger partial charge in [0, 0.05) is 19.3 Å². The van der Waals surface area contributed by atoms with E-state index in [0.717, 1.165) is 30.7 Å². The average Bonchev–Trinajstić information content (AvgIpc) is 2.42. The molecule has 2 rings (SSSR count). The molecule has 1 saturated heterocycles. The number of piperidine rings is 1. The second kappa shape index (κ2) is 6.90. The minimum atomic E-state index is 0.836. The van der Waals surface area contributed by atoms with Crippen molar-refractivity contribution >= 4 is 5.82 Å². The standard InChI is InChI=1S/C16H27N3/c1-4-17-16-6-5-14(11-18-16)12-19-9-7-15(8-10-19)13(2)3/h5-6,11,13,15H,4,7-10,12H2,1-3H3,(H,17,18). The Morgan fingerprint density at radius 1 is 1.32 bits per heavy atom. The molecule has 2 heterocycles. The van der Waals surface area contributed by atoms with Gasteiger partial charge in [-0.2, -0.15) is 0 Å². The molecule has 19 heavy (non-hydrogen) atoms. The maximum absolute atomic E-state index is 4.44. The maximum atomic E-state index is 4.44. The lowest BCUT2D eigenvalue weighted by Gasteiger charge is -2.33. The highest BCUT2D eigenvalue weighted by Crippen LogP contribution is 2.25. The summed E-state index contributed by atoms with van der Waals surface area (Å²) in [6.45, 7) is 11.2. The Labute approximate surface area is 117 Å². The fourth-order valence-electron chi connectivity index (χ4n) is 2.84. The number of nitrogens with zero attached hydrogens (tertiary/aromatic N) is 2. The van der Waals surface area contributed by atoms with E-state index in [1.54, 1.807) is 0 Å². The molecule has 106 valence electrons. The summed E-state index contributed by atoms with van der Waals surface area (Å²) in [4.78, 5) is 7.00. The van der Waals surface area contributed by atoms with Gasteiger partial charge < -0.3 is 5.32 Å². The van der Waals surface area contributed by atoms with E-state index < -0.39 is 0 Å². The molecule has 3 heteroatoms. The largest absolute Gasteiger partial charge is 0.370 e. The first-order valence-corrected chi connectivity index (χ1v) is 7.60. The third-order valence-corrected chi connectivity index (χ3v) is 4.16. The van der Waals surface area contributed by atoms with Gasteiger partial charge in [0.05, 0.1) is 0 Å². The van der Waals surface area contributed by atoms with Crippen molar-refractivity contribution in [1.29, 1.82) is 0 Å². The van der Waals surface area contributed by atoms with Gasteiger partial charge in [-0.1, -0.05) is 19.9 Å². The molecule has 1 fully saturated rings. The van der Waals surface area contributed by atoms with Gasteiger partial charge in [0.25, 0.3) is 0 Å². The van der Waals surface area contributed by atoms with Gasteiger partial charge in [0.15, 0.2) is 0 Å². The number of pyridine rings is 1. The lowest BCUT2D eigenvalue weighted by Crippen LogP contribution is -2.34. The minimum Gasteiger partial charge on any atom is -0.370 e. The summed E-state index contributed by atoms with van der Waals surface area (Å²) < 4.78 is 0. The van der Waals surface area contributed by atoms with Gasteiger partial charge >= 0.3 is 0 Å².